The molecule has 0 amide bonds. The van der Waals surface area contributed by atoms with E-state index in [9.17, 15) is 0 Å². The van der Waals surface area contributed by atoms with Crippen LogP contribution in [-0.2, 0) is 12.8 Å². The molecule has 36 heavy (non-hydrogen) atoms. The molecule has 5 nitrogen and oxygen atoms in total. The third-order valence-corrected chi connectivity index (χ3v) is 7.38. The van der Waals surface area contributed by atoms with E-state index in [0.717, 1.165) is 36.7 Å². The summed E-state index contributed by atoms with van der Waals surface area (Å²) in [7, 11) is 4.25. The number of hydrogen-bond donors (Lipinski definition) is 2. The second-order valence-corrected chi connectivity index (χ2v) is 10.8. The van der Waals surface area contributed by atoms with Gasteiger partial charge in [-0.25, -0.2) is 4.98 Å². The van der Waals surface area contributed by atoms with Crippen LogP contribution in [0.2, 0.25) is 5.02 Å². The van der Waals surface area contributed by atoms with Crippen LogP contribution in [0.4, 0.5) is 23.1 Å². The Bertz CT molecular complexity index is 1120. The molecular weight excluding hydrogens is 466 g/mol. The number of anilines is 4. The normalized spacial score (nSPS) is 14.2. The highest BCUT2D eigenvalue weighted by molar-refractivity contribution is 6.32. The van der Waals surface area contributed by atoms with Crippen molar-refractivity contribution in [3.05, 3.63) is 70.4 Å². The molecule has 1 aliphatic carbocycles. The summed E-state index contributed by atoms with van der Waals surface area (Å²) in [5, 5.41) is 7.39. The maximum absolute atomic E-state index is 6.51. The highest BCUT2D eigenvalue weighted by Crippen LogP contribution is 2.32. The maximum atomic E-state index is 6.51. The van der Waals surface area contributed by atoms with Gasteiger partial charge in [-0.05, 0) is 88.0 Å². The van der Waals surface area contributed by atoms with E-state index in [1.807, 2.05) is 0 Å². The quantitative estimate of drug-likeness (QED) is 0.259. The lowest BCUT2D eigenvalue weighted by Gasteiger charge is -2.23. The summed E-state index contributed by atoms with van der Waals surface area (Å²) in [6.07, 6.45) is 13.0. The minimum Gasteiger partial charge on any atom is -0.339 e. The van der Waals surface area contributed by atoms with Crippen LogP contribution in [0.3, 0.4) is 0 Å². The Labute approximate surface area is 221 Å². The van der Waals surface area contributed by atoms with E-state index in [1.165, 1.54) is 61.6 Å². The van der Waals surface area contributed by atoms with Crippen LogP contribution >= 0.6 is 11.6 Å². The molecule has 3 aromatic rings. The Balaban J connectivity index is 1.42. The number of aromatic nitrogens is 2. The van der Waals surface area contributed by atoms with Gasteiger partial charge in [-0.1, -0.05) is 74.0 Å². The van der Waals surface area contributed by atoms with E-state index in [2.05, 4.69) is 84.0 Å². The Kier molecular flexibility index (Phi) is 9.60. The van der Waals surface area contributed by atoms with Gasteiger partial charge in [0.25, 0.3) is 0 Å². The fraction of sp³-hybridized carbons (Fsp3) is 0.467. The number of rotatable bonds is 11. The largest absolute Gasteiger partial charge is 0.339 e. The molecule has 0 bridgehead atoms. The number of benzene rings is 2. The SMILES string of the molecule is Cc1cc(CCCCN(C)C)ccc1Nc1ncc(Cl)c(Nc2ccccc2CC2CCCCC2)n1. The first-order chi connectivity index (χ1) is 17.5. The number of nitrogens with zero attached hydrogens (tertiary/aromatic N) is 3. The molecular formula is C30H40ClN5. The van der Waals surface area contributed by atoms with Gasteiger partial charge in [0.1, 0.15) is 5.02 Å². The van der Waals surface area contributed by atoms with E-state index in [0.29, 0.717) is 16.8 Å². The predicted molar refractivity (Wildman–Crippen MR) is 153 cm³/mol. The molecule has 1 heterocycles. The van der Waals surface area contributed by atoms with Gasteiger partial charge in [0.05, 0.1) is 6.20 Å². The summed E-state index contributed by atoms with van der Waals surface area (Å²) >= 11 is 6.51. The van der Waals surface area contributed by atoms with Gasteiger partial charge in [-0.3, -0.25) is 0 Å². The molecule has 1 aromatic heterocycles. The fourth-order valence-electron chi connectivity index (χ4n) is 5.06. The van der Waals surface area contributed by atoms with E-state index in [1.54, 1.807) is 6.20 Å². The molecule has 4 rings (SSSR count). The summed E-state index contributed by atoms with van der Waals surface area (Å²) in [6.45, 7) is 3.26. The van der Waals surface area contributed by atoms with Gasteiger partial charge in [0.15, 0.2) is 5.82 Å². The van der Waals surface area contributed by atoms with Gasteiger partial charge in [0, 0.05) is 11.4 Å². The van der Waals surface area contributed by atoms with Gasteiger partial charge in [-0.15, -0.1) is 0 Å². The van der Waals surface area contributed by atoms with Crippen molar-refractivity contribution in [3.8, 4) is 0 Å². The second-order valence-electron chi connectivity index (χ2n) is 10.4. The number of nitrogens with one attached hydrogen (secondary N) is 2. The standard InChI is InChI=1S/C30H40ClN5/c1-22-19-24(13-9-10-18-36(2)3)16-17-27(22)34-30-32-21-26(31)29(35-30)33-28-15-8-7-14-25(28)20-23-11-5-4-6-12-23/h7-8,14-17,19,21,23H,4-6,9-13,18,20H2,1-3H3,(H2,32,33,34,35). The number of halogens is 1. The summed E-state index contributed by atoms with van der Waals surface area (Å²) in [5.74, 6) is 1.92. The first kappa shape index (κ1) is 26.4. The van der Waals surface area contributed by atoms with Crippen molar-refractivity contribution in [2.45, 2.75) is 64.7 Å². The zero-order valence-electron chi connectivity index (χ0n) is 22.0. The summed E-state index contributed by atoms with van der Waals surface area (Å²) in [4.78, 5) is 11.4. The van der Waals surface area contributed by atoms with Crippen LogP contribution in [0.5, 0.6) is 0 Å². The van der Waals surface area contributed by atoms with E-state index in [-0.39, 0.29) is 0 Å². The van der Waals surface area contributed by atoms with Crippen LogP contribution in [0, 0.1) is 12.8 Å². The highest BCUT2D eigenvalue weighted by atomic mass is 35.5. The van der Waals surface area contributed by atoms with Crippen molar-refractivity contribution in [1.29, 1.82) is 0 Å². The van der Waals surface area contributed by atoms with Crippen molar-refractivity contribution in [3.63, 3.8) is 0 Å². The molecule has 2 N–H and O–H groups in total. The van der Waals surface area contributed by atoms with E-state index in [4.69, 9.17) is 16.6 Å². The average molecular weight is 506 g/mol. The molecule has 1 aliphatic rings. The number of para-hydroxylation sites is 1. The third-order valence-electron chi connectivity index (χ3n) is 7.11. The van der Waals surface area contributed by atoms with Gasteiger partial charge in [0.2, 0.25) is 5.95 Å². The Morgan fingerprint density at radius 3 is 2.56 bits per heavy atom. The zero-order chi connectivity index (χ0) is 25.3. The minimum atomic E-state index is 0.512. The number of unbranched alkanes of at least 4 members (excludes halogenated alkanes) is 1. The Hall–Kier alpha value is -2.63. The lowest BCUT2D eigenvalue weighted by molar-refractivity contribution is 0.357. The van der Waals surface area contributed by atoms with Gasteiger partial charge in [-0.2, -0.15) is 4.98 Å². The molecule has 1 saturated carbocycles. The van der Waals surface area contributed by atoms with Crippen molar-refractivity contribution in [2.75, 3.05) is 31.3 Å². The first-order valence-corrected chi connectivity index (χ1v) is 13.7. The molecule has 0 aliphatic heterocycles. The average Bonchev–Trinajstić information content (AvgIpc) is 2.87. The maximum Gasteiger partial charge on any atom is 0.229 e. The highest BCUT2D eigenvalue weighted by Gasteiger charge is 2.16. The molecule has 192 valence electrons. The van der Waals surface area contributed by atoms with E-state index < -0.39 is 0 Å². The monoisotopic (exact) mass is 505 g/mol. The first-order valence-electron chi connectivity index (χ1n) is 13.4. The third kappa shape index (κ3) is 7.68. The minimum absolute atomic E-state index is 0.512. The Morgan fingerprint density at radius 1 is 0.972 bits per heavy atom. The zero-order valence-corrected chi connectivity index (χ0v) is 22.7. The van der Waals surface area contributed by atoms with Crippen LogP contribution in [0.1, 0.15) is 61.6 Å². The number of hydrogen-bond acceptors (Lipinski definition) is 5. The van der Waals surface area contributed by atoms with Crippen LogP contribution in [0.15, 0.2) is 48.7 Å². The van der Waals surface area contributed by atoms with Gasteiger partial charge >= 0.3 is 0 Å². The summed E-state index contributed by atoms with van der Waals surface area (Å²) in [6, 6.07) is 15.1. The molecule has 0 unspecified atom stereocenters. The smallest absolute Gasteiger partial charge is 0.229 e. The second kappa shape index (κ2) is 13.1. The van der Waals surface area contributed by atoms with E-state index >= 15 is 0 Å². The lowest BCUT2D eigenvalue weighted by Crippen LogP contribution is -2.12. The summed E-state index contributed by atoms with van der Waals surface area (Å²) in [5.41, 5.74) is 5.96. The van der Waals surface area contributed by atoms with Crippen LogP contribution in [-0.4, -0.2) is 35.5 Å². The Morgan fingerprint density at radius 2 is 1.78 bits per heavy atom. The molecule has 2 aromatic carbocycles. The van der Waals surface area contributed by atoms with Crippen molar-refractivity contribution >= 4 is 34.7 Å². The molecule has 0 saturated heterocycles. The molecule has 1 fully saturated rings. The molecule has 6 heteroatoms. The van der Waals surface area contributed by atoms with Crippen molar-refractivity contribution < 1.29 is 0 Å². The number of aryl methyl sites for hydroxylation is 2. The molecule has 0 atom stereocenters. The predicted octanol–water partition coefficient (Wildman–Crippen LogP) is 7.93. The topological polar surface area (TPSA) is 53.1 Å². The summed E-state index contributed by atoms with van der Waals surface area (Å²) < 4.78 is 0. The van der Waals surface area contributed by atoms with Crippen LogP contribution < -0.4 is 10.6 Å². The lowest BCUT2D eigenvalue weighted by atomic mass is 9.84. The fourth-order valence-corrected chi connectivity index (χ4v) is 5.20. The van der Waals surface area contributed by atoms with Crippen molar-refractivity contribution in [2.24, 2.45) is 5.92 Å². The van der Waals surface area contributed by atoms with Gasteiger partial charge < -0.3 is 15.5 Å². The van der Waals surface area contributed by atoms with Crippen molar-refractivity contribution in [1.82, 2.24) is 14.9 Å². The molecule has 0 spiro atoms. The molecule has 0 radical (unpaired) electrons. The van der Waals surface area contributed by atoms with Crippen LogP contribution in [0.25, 0.3) is 0 Å².